The quantitative estimate of drug-likeness (QED) is 0.361. The first-order chi connectivity index (χ1) is 11.3. The SMILES string of the molecule is CN=C(NCC1CN(C)CCO1)NC1CN(C(=O)OC(C)(C)C)C1.I. The molecule has 1 atom stereocenters. The molecule has 146 valence electrons. The van der Waals surface area contributed by atoms with Crippen molar-refractivity contribution in [3.05, 3.63) is 0 Å². The highest BCUT2D eigenvalue weighted by atomic mass is 127. The molecule has 2 N–H and O–H groups in total. The zero-order chi connectivity index (χ0) is 17.7. The van der Waals surface area contributed by atoms with Crippen molar-refractivity contribution in [1.82, 2.24) is 20.4 Å². The third-order valence-corrected chi connectivity index (χ3v) is 3.94. The van der Waals surface area contributed by atoms with Crippen LogP contribution in [0.5, 0.6) is 0 Å². The summed E-state index contributed by atoms with van der Waals surface area (Å²) in [5.74, 6) is 0.737. The van der Waals surface area contributed by atoms with E-state index in [4.69, 9.17) is 9.47 Å². The highest BCUT2D eigenvalue weighted by Gasteiger charge is 2.34. The van der Waals surface area contributed by atoms with Gasteiger partial charge >= 0.3 is 6.09 Å². The van der Waals surface area contributed by atoms with Crippen LogP contribution in [0.25, 0.3) is 0 Å². The van der Waals surface area contributed by atoms with Gasteiger partial charge in [0, 0.05) is 39.8 Å². The maximum atomic E-state index is 11.9. The topological polar surface area (TPSA) is 78.4 Å². The molecule has 25 heavy (non-hydrogen) atoms. The van der Waals surface area contributed by atoms with Gasteiger partial charge in [-0.15, -0.1) is 24.0 Å². The number of nitrogens with one attached hydrogen (secondary N) is 2. The highest BCUT2D eigenvalue weighted by Crippen LogP contribution is 2.15. The Morgan fingerprint density at radius 2 is 2.00 bits per heavy atom. The largest absolute Gasteiger partial charge is 0.444 e. The van der Waals surface area contributed by atoms with Crippen LogP contribution in [0, 0.1) is 0 Å². The van der Waals surface area contributed by atoms with E-state index in [-0.39, 0.29) is 42.2 Å². The van der Waals surface area contributed by atoms with Crippen LogP contribution in [-0.4, -0.2) is 93.0 Å². The molecule has 2 aliphatic rings. The number of carbonyl (C=O) groups excluding carboxylic acids is 1. The van der Waals surface area contributed by atoms with Crippen molar-refractivity contribution in [2.24, 2.45) is 4.99 Å². The molecule has 0 aromatic rings. The van der Waals surface area contributed by atoms with Crippen LogP contribution in [0.15, 0.2) is 4.99 Å². The standard InChI is InChI=1S/C16H31N5O3.HI/c1-16(2,3)24-15(22)21-9-12(10-21)19-14(17-4)18-8-13-11-20(5)6-7-23-13;/h12-13H,6-11H2,1-5H3,(H2,17,18,19);1H. The third-order valence-electron chi connectivity index (χ3n) is 3.94. The zero-order valence-electron chi connectivity index (χ0n) is 15.9. The molecule has 1 amide bonds. The smallest absolute Gasteiger partial charge is 0.410 e. The summed E-state index contributed by atoms with van der Waals surface area (Å²) in [5, 5.41) is 6.62. The molecule has 2 rings (SSSR count). The van der Waals surface area contributed by atoms with Gasteiger partial charge in [0.2, 0.25) is 0 Å². The van der Waals surface area contributed by atoms with E-state index < -0.39 is 5.60 Å². The molecule has 1 unspecified atom stereocenters. The lowest BCUT2D eigenvalue weighted by Crippen LogP contribution is -2.63. The lowest BCUT2D eigenvalue weighted by atomic mass is 10.1. The maximum Gasteiger partial charge on any atom is 0.410 e. The number of ether oxygens (including phenoxy) is 2. The highest BCUT2D eigenvalue weighted by molar-refractivity contribution is 14.0. The summed E-state index contributed by atoms with van der Waals surface area (Å²) in [4.78, 5) is 20.1. The van der Waals surface area contributed by atoms with E-state index in [9.17, 15) is 4.79 Å². The molecule has 0 aliphatic carbocycles. The lowest BCUT2D eigenvalue weighted by Gasteiger charge is -2.40. The molecule has 9 heteroatoms. The van der Waals surface area contributed by atoms with Crippen LogP contribution in [0.4, 0.5) is 4.79 Å². The molecule has 2 aliphatic heterocycles. The van der Waals surface area contributed by atoms with Crippen molar-refractivity contribution < 1.29 is 14.3 Å². The molecule has 2 fully saturated rings. The van der Waals surface area contributed by atoms with Gasteiger partial charge in [-0.2, -0.15) is 0 Å². The first-order valence-corrected chi connectivity index (χ1v) is 8.52. The molecule has 2 saturated heterocycles. The summed E-state index contributed by atoms with van der Waals surface area (Å²) in [6.45, 7) is 10.2. The van der Waals surface area contributed by atoms with Crippen molar-refractivity contribution >= 4 is 36.0 Å². The van der Waals surface area contributed by atoms with Crippen LogP contribution in [0.1, 0.15) is 20.8 Å². The minimum absolute atomic E-state index is 0. The van der Waals surface area contributed by atoms with E-state index >= 15 is 0 Å². The predicted molar refractivity (Wildman–Crippen MR) is 109 cm³/mol. The van der Waals surface area contributed by atoms with Crippen LogP contribution < -0.4 is 10.6 Å². The number of nitrogens with zero attached hydrogens (tertiary/aromatic N) is 3. The summed E-state index contributed by atoms with van der Waals surface area (Å²) in [5.41, 5.74) is -0.458. The molecule has 0 aromatic heterocycles. The number of amides is 1. The van der Waals surface area contributed by atoms with E-state index in [0.717, 1.165) is 25.7 Å². The molecule has 0 radical (unpaired) electrons. The molecule has 0 saturated carbocycles. The second-order valence-corrected chi connectivity index (χ2v) is 7.43. The number of guanidine groups is 1. The van der Waals surface area contributed by atoms with Gasteiger partial charge in [-0.05, 0) is 27.8 Å². The Morgan fingerprint density at radius 3 is 2.56 bits per heavy atom. The van der Waals surface area contributed by atoms with Gasteiger partial charge in [0.15, 0.2) is 5.96 Å². The van der Waals surface area contributed by atoms with Gasteiger partial charge in [-0.1, -0.05) is 0 Å². The first-order valence-electron chi connectivity index (χ1n) is 8.52. The Balaban J connectivity index is 0.00000312. The van der Waals surface area contributed by atoms with E-state index in [1.165, 1.54) is 0 Å². The summed E-state index contributed by atoms with van der Waals surface area (Å²) in [7, 11) is 3.84. The van der Waals surface area contributed by atoms with Crippen molar-refractivity contribution in [3.8, 4) is 0 Å². The Hall–Kier alpha value is -0.810. The zero-order valence-corrected chi connectivity index (χ0v) is 18.2. The number of likely N-dealkylation sites (tertiary alicyclic amines) is 1. The number of hydrogen-bond acceptors (Lipinski definition) is 5. The molecule has 0 bridgehead atoms. The van der Waals surface area contributed by atoms with E-state index in [2.05, 4.69) is 27.6 Å². The number of rotatable bonds is 3. The summed E-state index contributed by atoms with van der Waals surface area (Å²) in [6.07, 6.45) is -0.0934. The van der Waals surface area contributed by atoms with Gasteiger partial charge in [0.05, 0.1) is 18.8 Å². The number of carbonyl (C=O) groups is 1. The number of hydrogen-bond donors (Lipinski definition) is 2. The van der Waals surface area contributed by atoms with Gasteiger partial charge in [0.1, 0.15) is 5.60 Å². The fraction of sp³-hybridized carbons (Fsp3) is 0.875. The average Bonchev–Trinajstić information content (AvgIpc) is 2.43. The Kier molecular flexibility index (Phi) is 8.69. The van der Waals surface area contributed by atoms with E-state index in [0.29, 0.717) is 19.6 Å². The summed E-state index contributed by atoms with van der Waals surface area (Å²) >= 11 is 0. The first kappa shape index (κ1) is 22.2. The van der Waals surface area contributed by atoms with Gasteiger partial charge in [-0.25, -0.2) is 4.79 Å². The lowest BCUT2D eigenvalue weighted by molar-refractivity contribution is -0.0162. The molecule has 0 spiro atoms. The van der Waals surface area contributed by atoms with Crippen molar-refractivity contribution in [3.63, 3.8) is 0 Å². The third kappa shape index (κ3) is 7.53. The fourth-order valence-corrected chi connectivity index (χ4v) is 2.63. The summed E-state index contributed by atoms with van der Waals surface area (Å²) < 4.78 is 11.1. The van der Waals surface area contributed by atoms with Crippen molar-refractivity contribution in [2.45, 2.75) is 38.5 Å². The van der Waals surface area contributed by atoms with Crippen LogP contribution in [0.2, 0.25) is 0 Å². The van der Waals surface area contributed by atoms with E-state index in [1.807, 2.05) is 20.8 Å². The maximum absolute atomic E-state index is 11.9. The normalized spacial score (nSPS) is 22.7. The van der Waals surface area contributed by atoms with E-state index in [1.54, 1.807) is 11.9 Å². The summed E-state index contributed by atoms with van der Waals surface area (Å²) in [6, 6.07) is 0.193. The second kappa shape index (κ2) is 9.77. The number of aliphatic imine (C=N–C) groups is 1. The van der Waals surface area contributed by atoms with Crippen LogP contribution >= 0.6 is 24.0 Å². The molecule has 8 nitrogen and oxygen atoms in total. The molecular formula is C16H32IN5O3. The second-order valence-electron chi connectivity index (χ2n) is 7.43. The van der Waals surface area contributed by atoms with Crippen LogP contribution in [0.3, 0.4) is 0 Å². The fourth-order valence-electron chi connectivity index (χ4n) is 2.63. The predicted octanol–water partition coefficient (Wildman–Crippen LogP) is 0.719. The number of halogens is 1. The molecule has 0 aromatic carbocycles. The number of likely N-dealkylation sites (N-methyl/N-ethyl adjacent to an activating group) is 1. The van der Waals surface area contributed by atoms with Crippen LogP contribution in [-0.2, 0) is 9.47 Å². The molecule has 2 heterocycles. The van der Waals surface area contributed by atoms with Crippen molar-refractivity contribution in [1.29, 1.82) is 0 Å². The van der Waals surface area contributed by atoms with Gasteiger partial charge < -0.3 is 29.9 Å². The number of morpholine rings is 1. The van der Waals surface area contributed by atoms with Gasteiger partial charge in [0.25, 0.3) is 0 Å². The monoisotopic (exact) mass is 469 g/mol. The Morgan fingerprint density at radius 1 is 1.32 bits per heavy atom. The Labute approximate surface area is 167 Å². The average molecular weight is 469 g/mol. The molecular weight excluding hydrogens is 437 g/mol. The van der Waals surface area contributed by atoms with Gasteiger partial charge in [-0.3, -0.25) is 4.99 Å². The Bertz CT molecular complexity index is 463. The van der Waals surface area contributed by atoms with Crippen molar-refractivity contribution in [2.75, 3.05) is 53.4 Å². The minimum atomic E-state index is -0.458. The minimum Gasteiger partial charge on any atom is -0.444 e.